The number of thiophene rings is 1. The van der Waals surface area contributed by atoms with Gasteiger partial charge in [0.15, 0.2) is 0 Å². The quantitative estimate of drug-likeness (QED) is 0.638. The number of benzene rings is 2. The van der Waals surface area contributed by atoms with Crippen molar-refractivity contribution in [3.8, 4) is 0 Å². The molecule has 3 aromatic rings. The van der Waals surface area contributed by atoms with E-state index >= 15 is 0 Å². The van der Waals surface area contributed by atoms with Crippen molar-refractivity contribution in [2.75, 3.05) is 5.32 Å². The lowest BCUT2D eigenvalue weighted by Crippen LogP contribution is -2.40. The molecule has 134 valence electrons. The van der Waals surface area contributed by atoms with E-state index in [1.54, 1.807) is 18.2 Å². The summed E-state index contributed by atoms with van der Waals surface area (Å²) in [5.41, 5.74) is 0.844. The smallest absolute Gasteiger partial charge is 0.263 e. The monoisotopic (exact) mass is 386 g/mol. The zero-order valence-electron chi connectivity index (χ0n) is 14.7. The summed E-state index contributed by atoms with van der Waals surface area (Å²) in [6, 6.07) is 14.4. The third-order valence-electron chi connectivity index (χ3n) is 3.63. The number of carbonyl (C=O) groups excluding carboxylic acids is 2. The van der Waals surface area contributed by atoms with E-state index in [1.165, 1.54) is 11.3 Å². The normalized spacial score (nSPS) is 11.4. The molecule has 26 heavy (non-hydrogen) atoms. The fourth-order valence-corrected chi connectivity index (χ4v) is 3.99. The van der Waals surface area contributed by atoms with E-state index in [2.05, 4.69) is 10.6 Å². The lowest BCUT2D eigenvalue weighted by atomic mass is 10.1. The number of hydrogen-bond donors (Lipinski definition) is 2. The summed E-state index contributed by atoms with van der Waals surface area (Å²) in [7, 11) is 0. The predicted molar refractivity (Wildman–Crippen MR) is 108 cm³/mol. The Hall–Kier alpha value is -2.37. The Morgan fingerprint density at radius 3 is 2.31 bits per heavy atom. The molecule has 0 unspecified atom stereocenters. The Balaban J connectivity index is 1.97. The Bertz CT molecular complexity index is 975. The van der Waals surface area contributed by atoms with Gasteiger partial charge >= 0.3 is 0 Å². The highest BCUT2D eigenvalue weighted by atomic mass is 35.5. The van der Waals surface area contributed by atoms with E-state index in [0.29, 0.717) is 21.2 Å². The first-order valence-corrected chi connectivity index (χ1v) is 9.35. The van der Waals surface area contributed by atoms with E-state index in [-0.39, 0.29) is 17.4 Å². The first kappa shape index (κ1) is 18.4. The summed E-state index contributed by atoms with van der Waals surface area (Å²) < 4.78 is 0.779. The van der Waals surface area contributed by atoms with Crippen molar-refractivity contribution >= 4 is 50.5 Å². The second-order valence-electron chi connectivity index (χ2n) is 6.95. The largest absolute Gasteiger partial charge is 0.347 e. The molecule has 3 rings (SSSR count). The van der Waals surface area contributed by atoms with E-state index < -0.39 is 0 Å². The Morgan fingerprint density at radius 1 is 0.962 bits per heavy atom. The highest BCUT2D eigenvalue weighted by Gasteiger charge is 2.22. The summed E-state index contributed by atoms with van der Waals surface area (Å²) in [5.74, 6) is -0.424. The van der Waals surface area contributed by atoms with Gasteiger partial charge in [0.1, 0.15) is 4.88 Å². The first-order chi connectivity index (χ1) is 12.3. The van der Waals surface area contributed by atoms with Crippen LogP contribution in [0.4, 0.5) is 5.69 Å². The van der Waals surface area contributed by atoms with Gasteiger partial charge in [-0.1, -0.05) is 41.9 Å². The van der Waals surface area contributed by atoms with Crippen molar-refractivity contribution in [3.63, 3.8) is 0 Å². The zero-order chi connectivity index (χ0) is 18.9. The van der Waals surface area contributed by atoms with E-state index in [4.69, 9.17) is 11.6 Å². The van der Waals surface area contributed by atoms with Crippen molar-refractivity contribution in [2.45, 2.75) is 26.3 Å². The van der Waals surface area contributed by atoms with Gasteiger partial charge in [-0.05, 0) is 39.0 Å². The molecular weight excluding hydrogens is 368 g/mol. The summed E-state index contributed by atoms with van der Waals surface area (Å²) in [6.07, 6.45) is 0. The molecule has 2 N–H and O–H groups in total. The van der Waals surface area contributed by atoms with Crippen molar-refractivity contribution < 1.29 is 9.59 Å². The third-order valence-corrected chi connectivity index (χ3v) is 5.38. The van der Waals surface area contributed by atoms with Crippen molar-refractivity contribution in [2.24, 2.45) is 0 Å². The highest BCUT2D eigenvalue weighted by molar-refractivity contribution is 7.22. The lowest BCUT2D eigenvalue weighted by molar-refractivity contribution is 0.0923. The standard InChI is InChI=1S/C20H19ClN2O2S/c1-20(2,3)23-19(25)17-15(21)13-10-7-11-14(16(13)26-17)22-18(24)12-8-5-4-6-9-12/h4-11H,1-3H3,(H,22,24)(H,23,25). The first-order valence-electron chi connectivity index (χ1n) is 8.16. The molecule has 4 nitrogen and oxygen atoms in total. The summed E-state index contributed by atoms with van der Waals surface area (Å²) >= 11 is 7.72. The average molecular weight is 387 g/mol. The van der Waals surface area contributed by atoms with Crippen LogP contribution in [0.25, 0.3) is 10.1 Å². The van der Waals surface area contributed by atoms with E-state index in [0.717, 1.165) is 10.1 Å². The van der Waals surface area contributed by atoms with Gasteiger partial charge in [0.25, 0.3) is 11.8 Å². The molecule has 0 fully saturated rings. The topological polar surface area (TPSA) is 58.2 Å². The summed E-state index contributed by atoms with van der Waals surface area (Å²) in [6.45, 7) is 5.74. The Labute approximate surface area is 161 Å². The van der Waals surface area contributed by atoms with Gasteiger partial charge in [-0.3, -0.25) is 9.59 Å². The molecule has 0 atom stereocenters. The molecule has 0 aliphatic rings. The molecule has 0 radical (unpaired) electrons. The van der Waals surface area contributed by atoms with Gasteiger partial charge in [-0.25, -0.2) is 0 Å². The molecule has 1 heterocycles. The number of nitrogens with one attached hydrogen (secondary N) is 2. The van der Waals surface area contributed by atoms with Crippen LogP contribution in [-0.4, -0.2) is 17.4 Å². The minimum absolute atomic E-state index is 0.205. The van der Waals surface area contributed by atoms with Crippen LogP contribution in [-0.2, 0) is 0 Å². The molecule has 2 aromatic carbocycles. The second kappa shape index (κ2) is 7.09. The average Bonchev–Trinajstić information content (AvgIpc) is 2.92. The van der Waals surface area contributed by atoms with E-state index in [9.17, 15) is 9.59 Å². The lowest BCUT2D eigenvalue weighted by Gasteiger charge is -2.19. The highest BCUT2D eigenvalue weighted by Crippen LogP contribution is 2.39. The Morgan fingerprint density at radius 2 is 1.65 bits per heavy atom. The van der Waals surface area contributed by atoms with Crippen LogP contribution < -0.4 is 10.6 Å². The zero-order valence-corrected chi connectivity index (χ0v) is 16.3. The molecule has 0 saturated heterocycles. The van der Waals surface area contributed by atoms with Crippen LogP contribution in [0.15, 0.2) is 48.5 Å². The van der Waals surface area contributed by atoms with Crippen molar-refractivity contribution in [1.29, 1.82) is 0 Å². The van der Waals surface area contributed by atoms with Gasteiger partial charge in [0, 0.05) is 16.5 Å². The molecule has 0 spiro atoms. The van der Waals surface area contributed by atoms with Crippen molar-refractivity contribution in [3.05, 3.63) is 64.0 Å². The second-order valence-corrected chi connectivity index (χ2v) is 8.35. The molecule has 6 heteroatoms. The minimum atomic E-state index is -0.360. The maximum atomic E-state index is 12.5. The van der Waals surface area contributed by atoms with Crippen LogP contribution >= 0.6 is 22.9 Å². The van der Waals surface area contributed by atoms with Gasteiger partial charge in [0.2, 0.25) is 0 Å². The van der Waals surface area contributed by atoms with Gasteiger partial charge in [0.05, 0.1) is 15.4 Å². The minimum Gasteiger partial charge on any atom is -0.347 e. The summed E-state index contributed by atoms with van der Waals surface area (Å²) in [4.78, 5) is 25.4. The van der Waals surface area contributed by atoms with E-state index in [1.807, 2.05) is 51.1 Å². The van der Waals surface area contributed by atoms with Crippen LogP contribution in [0.3, 0.4) is 0 Å². The third kappa shape index (κ3) is 3.89. The number of halogens is 1. The number of fused-ring (bicyclic) bond motifs is 1. The van der Waals surface area contributed by atoms with Crippen molar-refractivity contribution in [1.82, 2.24) is 5.32 Å². The number of rotatable bonds is 3. The maximum absolute atomic E-state index is 12.5. The van der Waals surface area contributed by atoms with Crippen LogP contribution in [0.2, 0.25) is 5.02 Å². The van der Waals surface area contributed by atoms with Crippen LogP contribution in [0, 0.1) is 0 Å². The van der Waals surface area contributed by atoms with Gasteiger partial charge in [-0.2, -0.15) is 0 Å². The Kier molecular flexibility index (Phi) is 5.03. The molecule has 1 aromatic heterocycles. The van der Waals surface area contributed by atoms with Crippen LogP contribution in [0.5, 0.6) is 0 Å². The fourth-order valence-electron chi connectivity index (χ4n) is 2.51. The number of hydrogen-bond acceptors (Lipinski definition) is 3. The molecular formula is C20H19ClN2O2S. The number of amides is 2. The predicted octanol–water partition coefficient (Wildman–Crippen LogP) is 5.34. The van der Waals surface area contributed by atoms with Gasteiger partial charge < -0.3 is 10.6 Å². The molecule has 0 aliphatic heterocycles. The maximum Gasteiger partial charge on any atom is 0.263 e. The number of anilines is 1. The SMILES string of the molecule is CC(C)(C)NC(=O)c1sc2c(NC(=O)c3ccccc3)cccc2c1Cl. The van der Waals surface area contributed by atoms with Gasteiger partial charge in [-0.15, -0.1) is 11.3 Å². The number of carbonyl (C=O) groups is 2. The molecule has 2 amide bonds. The molecule has 0 saturated carbocycles. The van der Waals surface area contributed by atoms with Crippen LogP contribution in [0.1, 0.15) is 40.8 Å². The molecule has 0 aliphatic carbocycles. The fraction of sp³-hybridized carbons (Fsp3) is 0.200. The summed E-state index contributed by atoms with van der Waals surface area (Å²) in [5, 5.41) is 6.99. The molecule has 0 bridgehead atoms.